The second-order valence-corrected chi connectivity index (χ2v) is 13.9. The number of anilines is 2. The third-order valence-corrected chi connectivity index (χ3v) is 10.3. The number of hydrogen-bond donors (Lipinski definition) is 3. The first-order valence-electron chi connectivity index (χ1n) is 15.0. The molecule has 0 spiro atoms. The Bertz CT molecular complexity index is 1830. The summed E-state index contributed by atoms with van der Waals surface area (Å²) >= 11 is 9.06. The first-order chi connectivity index (χ1) is 22.2. The summed E-state index contributed by atoms with van der Waals surface area (Å²) in [5.74, 6) is -0.543. The van der Waals surface area contributed by atoms with E-state index < -0.39 is 17.1 Å². The van der Waals surface area contributed by atoms with Crippen LogP contribution < -0.4 is 16.0 Å². The highest BCUT2D eigenvalue weighted by Crippen LogP contribution is 2.40. The molecule has 7 nitrogen and oxygen atoms in total. The Hall–Kier alpha value is -4.36. The van der Waals surface area contributed by atoms with Crippen molar-refractivity contribution in [1.29, 1.82) is 5.26 Å². The molecule has 3 amide bonds. The van der Waals surface area contributed by atoms with Crippen molar-refractivity contribution in [3.05, 3.63) is 117 Å². The number of benzene rings is 3. The van der Waals surface area contributed by atoms with Gasteiger partial charge in [-0.15, -0.1) is 23.1 Å². The maximum Gasteiger partial charge on any atom is 0.272 e. The minimum absolute atomic E-state index is 0.0429. The van der Waals surface area contributed by atoms with Gasteiger partial charge in [0.15, 0.2) is 0 Å². The fourth-order valence-corrected chi connectivity index (χ4v) is 7.76. The predicted molar refractivity (Wildman–Crippen MR) is 187 cm³/mol. The zero-order chi connectivity index (χ0) is 32.6. The van der Waals surface area contributed by atoms with E-state index in [9.17, 15) is 19.6 Å². The van der Waals surface area contributed by atoms with Gasteiger partial charge in [0, 0.05) is 26.0 Å². The Labute approximate surface area is 282 Å². The molecular weight excluding hydrogens is 636 g/mol. The molecule has 0 aliphatic heterocycles. The third kappa shape index (κ3) is 8.26. The average Bonchev–Trinajstić information content (AvgIpc) is 3.39. The second-order valence-electron chi connectivity index (χ2n) is 11.1. The van der Waals surface area contributed by atoms with E-state index in [1.807, 2.05) is 19.1 Å². The number of halogens is 1. The van der Waals surface area contributed by atoms with Gasteiger partial charge in [0.1, 0.15) is 16.8 Å². The van der Waals surface area contributed by atoms with Crippen LogP contribution in [0.1, 0.15) is 58.6 Å². The number of rotatable bonds is 10. The van der Waals surface area contributed by atoms with Crippen LogP contribution in [0.3, 0.4) is 0 Å². The smallest absolute Gasteiger partial charge is 0.272 e. The number of nitrogens with one attached hydrogen (secondary N) is 3. The van der Waals surface area contributed by atoms with Gasteiger partial charge in [0.05, 0.1) is 10.8 Å². The minimum Gasteiger partial charge on any atom is -0.321 e. The largest absolute Gasteiger partial charge is 0.321 e. The Balaban J connectivity index is 1.30. The number of nitriles is 1. The summed E-state index contributed by atoms with van der Waals surface area (Å²) in [5.41, 5.74) is 3.27. The van der Waals surface area contributed by atoms with Crippen LogP contribution in [-0.4, -0.2) is 23.0 Å². The van der Waals surface area contributed by atoms with Crippen molar-refractivity contribution in [1.82, 2.24) is 5.32 Å². The van der Waals surface area contributed by atoms with Gasteiger partial charge in [-0.2, -0.15) is 5.26 Å². The van der Waals surface area contributed by atoms with Gasteiger partial charge in [-0.3, -0.25) is 14.4 Å². The normalized spacial score (nSPS) is 14.8. The van der Waals surface area contributed by atoms with Crippen LogP contribution in [0.15, 0.2) is 89.5 Å². The minimum atomic E-state index is -0.517. The van der Waals surface area contributed by atoms with Crippen molar-refractivity contribution in [3.63, 3.8) is 0 Å². The molecule has 1 aliphatic rings. The lowest BCUT2D eigenvalue weighted by Gasteiger charge is -2.17. The Morgan fingerprint density at radius 2 is 1.85 bits per heavy atom. The van der Waals surface area contributed by atoms with E-state index in [4.69, 9.17) is 11.6 Å². The zero-order valence-corrected chi connectivity index (χ0v) is 27.8. The fraction of sp³-hybridized carbons (Fsp3) is 0.222. The summed E-state index contributed by atoms with van der Waals surface area (Å²) in [7, 11) is 0. The van der Waals surface area contributed by atoms with E-state index in [2.05, 4.69) is 28.9 Å². The predicted octanol–water partition coefficient (Wildman–Crippen LogP) is 8.32. The molecular formula is C36H33ClN4O3S2. The molecule has 1 heterocycles. The number of thioether (sulfide) groups is 1. The van der Waals surface area contributed by atoms with Gasteiger partial charge in [-0.1, -0.05) is 61.8 Å². The monoisotopic (exact) mass is 668 g/mol. The number of hydrogen-bond acceptors (Lipinski definition) is 6. The molecule has 0 radical (unpaired) electrons. The molecule has 3 N–H and O–H groups in total. The molecule has 4 aromatic rings. The summed E-state index contributed by atoms with van der Waals surface area (Å²) in [4.78, 5) is 41.9. The first-order valence-corrected chi connectivity index (χ1v) is 17.1. The lowest BCUT2D eigenvalue weighted by atomic mass is 9.88. The molecule has 0 saturated carbocycles. The van der Waals surface area contributed by atoms with Crippen molar-refractivity contribution < 1.29 is 14.4 Å². The van der Waals surface area contributed by atoms with Gasteiger partial charge in [-0.25, -0.2) is 0 Å². The third-order valence-electron chi connectivity index (χ3n) is 7.58. The van der Waals surface area contributed by atoms with Crippen molar-refractivity contribution in [2.24, 2.45) is 5.92 Å². The van der Waals surface area contributed by atoms with Crippen molar-refractivity contribution in [2.75, 3.05) is 10.6 Å². The maximum atomic E-state index is 13.5. The average molecular weight is 669 g/mol. The number of nitrogens with zero attached hydrogens (tertiary/aromatic N) is 1. The number of carbonyl (C=O) groups is 3. The molecule has 0 fully saturated rings. The van der Waals surface area contributed by atoms with Gasteiger partial charge in [-0.05, 0) is 91.3 Å². The van der Waals surface area contributed by atoms with Crippen molar-refractivity contribution in [2.45, 2.75) is 49.7 Å². The van der Waals surface area contributed by atoms with Crippen LogP contribution in [0.2, 0.25) is 5.02 Å². The number of fused-ring (bicyclic) bond motifs is 1. The van der Waals surface area contributed by atoms with Gasteiger partial charge in [0.2, 0.25) is 5.91 Å². The van der Waals surface area contributed by atoms with Crippen LogP contribution in [0, 0.1) is 17.2 Å². The van der Waals surface area contributed by atoms with Gasteiger partial charge >= 0.3 is 0 Å². The number of thiophene rings is 1. The lowest BCUT2D eigenvalue weighted by Crippen LogP contribution is -2.30. The molecule has 1 aromatic heterocycles. The zero-order valence-electron chi connectivity index (χ0n) is 25.4. The van der Waals surface area contributed by atoms with E-state index in [0.29, 0.717) is 44.7 Å². The van der Waals surface area contributed by atoms with Crippen LogP contribution in [0.4, 0.5) is 10.7 Å². The van der Waals surface area contributed by atoms with Crippen LogP contribution in [0.5, 0.6) is 0 Å². The standard InChI is InChI=1S/C36H33ClN4O3S2/c1-3-31(35(44)41-36-29(21-38)28-16-15-22(2)17-32(28)46-36)45-27-14-8-13-26(20-27)39-34(43)30(19-23-9-7-12-25(37)18-23)40-33(42)24-10-5-4-6-11-24/h4-14,18-20,22,31H,3,15-17H2,1-2H3,(H,39,43)(H,40,42)(H,41,44)/b30-19-. The highest BCUT2D eigenvalue weighted by atomic mass is 35.5. The lowest BCUT2D eigenvalue weighted by molar-refractivity contribution is -0.116. The Morgan fingerprint density at radius 3 is 2.59 bits per heavy atom. The highest BCUT2D eigenvalue weighted by molar-refractivity contribution is 8.00. The first kappa shape index (κ1) is 33.0. The summed E-state index contributed by atoms with van der Waals surface area (Å²) in [6.07, 6.45) is 4.97. The molecule has 2 atom stereocenters. The van der Waals surface area contributed by atoms with Crippen molar-refractivity contribution in [3.8, 4) is 6.07 Å². The highest BCUT2D eigenvalue weighted by Gasteiger charge is 2.27. The Kier molecular flexibility index (Phi) is 11.0. The van der Waals surface area contributed by atoms with Gasteiger partial charge < -0.3 is 16.0 Å². The van der Waals surface area contributed by atoms with Gasteiger partial charge in [0.25, 0.3) is 11.8 Å². The molecule has 0 saturated heterocycles. The summed E-state index contributed by atoms with van der Waals surface area (Å²) in [5, 5.41) is 19.2. The number of carbonyl (C=O) groups excluding carboxylic acids is 3. The molecule has 1 aliphatic carbocycles. The van der Waals surface area contributed by atoms with E-state index in [-0.39, 0.29) is 11.6 Å². The molecule has 5 rings (SSSR count). The molecule has 10 heteroatoms. The second kappa shape index (κ2) is 15.3. The van der Waals surface area contributed by atoms with E-state index in [0.717, 1.165) is 29.7 Å². The summed E-state index contributed by atoms with van der Waals surface area (Å²) in [6.45, 7) is 4.15. The van der Waals surface area contributed by atoms with Crippen LogP contribution in [0.25, 0.3) is 6.08 Å². The fourth-order valence-electron chi connectivity index (χ4n) is 5.19. The molecule has 234 valence electrons. The van der Waals surface area contributed by atoms with E-state index in [1.165, 1.54) is 28.0 Å². The van der Waals surface area contributed by atoms with Crippen LogP contribution >= 0.6 is 34.7 Å². The molecule has 2 unspecified atom stereocenters. The van der Waals surface area contributed by atoms with E-state index in [1.54, 1.807) is 72.8 Å². The molecule has 46 heavy (non-hydrogen) atoms. The maximum absolute atomic E-state index is 13.5. The van der Waals surface area contributed by atoms with Crippen LogP contribution in [-0.2, 0) is 22.4 Å². The quantitative estimate of drug-likeness (QED) is 0.116. The molecule has 0 bridgehead atoms. The molecule has 3 aromatic carbocycles. The SMILES string of the molecule is CCC(Sc1cccc(NC(=O)/C(=C/c2cccc(Cl)c2)NC(=O)c2ccccc2)c1)C(=O)Nc1sc2c(c1C#N)CCC(C)C2. The Morgan fingerprint density at radius 1 is 1.07 bits per heavy atom. The summed E-state index contributed by atoms with van der Waals surface area (Å²) < 4.78 is 0. The number of amides is 3. The summed E-state index contributed by atoms with van der Waals surface area (Å²) in [6, 6.07) is 25.1. The van der Waals surface area contributed by atoms with Crippen molar-refractivity contribution >= 4 is 69.2 Å². The topological polar surface area (TPSA) is 111 Å². The van der Waals surface area contributed by atoms with E-state index >= 15 is 0 Å².